The van der Waals surface area contributed by atoms with Crippen LogP contribution in [0.25, 0.3) is 0 Å². The summed E-state index contributed by atoms with van der Waals surface area (Å²) in [6.07, 6.45) is 0.818. The van der Waals surface area contributed by atoms with Gasteiger partial charge >= 0.3 is 5.97 Å². The molecular weight excluding hydrogens is 512 g/mol. The Hall–Kier alpha value is -3.63. The number of benzene rings is 2. The molecule has 4 N–H and O–H groups in total. The number of ether oxygens (including phenoxy) is 2. The fourth-order valence-corrected chi connectivity index (χ4v) is 4.76. The first kappa shape index (κ1) is 27.4. The third kappa shape index (κ3) is 6.62. The van der Waals surface area contributed by atoms with Gasteiger partial charge in [0.25, 0.3) is 5.91 Å². The monoisotopic (exact) mass is 542 g/mol. The molecule has 202 valence electrons. The fourth-order valence-electron chi connectivity index (χ4n) is 4.58. The highest BCUT2D eigenvalue weighted by molar-refractivity contribution is 6.33. The van der Waals surface area contributed by atoms with E-state index in [0.717, 1.165) is 5.56 Å². The lowest BCUT2D eigenvalue weighted by Crippen LogP contribution is -2.54. The first-order valence-electron chi connectivity index (χ1n) is 12.5. The Labute approximate surface area is 225 Å². The van der Waals surface area contributed by atoms with E-state index in [1.807, 2.05) is 30.3 Å². The number of anilines is 1. The van der Waals surface area contributed by atoms with Crippen LogP contribution < -0.4 is 16.4 Å². The maximum atomic E-state index is 13.2. The van der Waals surface area contributed by atoms with E-state index in [1.165, 1.54) is 23.1 Å². The van der Waals surface area contributed by atoms with Crippen LogP contribution in [-0.2, 0) is 30.3 Å². The smallest absolute Gasteiger partial charge is 0.310 e. The Morgan fingerprint density at radius 3 is 2.71 bits per heavy atom. The summed E-state index contributed by atoms with van der Waals surface area (Å²) in [5.74, 6) is -1.71. The lowest BCUT2D eigenvalue weighted by molar-refractivity contribution is -0.165. The van der Waals surface area contributed by atoms with Crippen molar-refractivity contribution in [1.29, 1.82) is 0 Å². The average Bonchev–Trinajstić information content (AvgIpc) is 3.52. The number of hydrogen-bond acceptors (Lipinski definition) is 7. The highest BCUT2D eigenvalue weighted by Gasteiger charge is 2.41. The van der Waals surface area contributed by atoms with E-state index in [2.05, 4.69) is 10.6 Å². The molecule has 1 unspecified atom stereocenters. The van der Waals surface area contributed by atoms with Crippen LogP contribution in [0.15, 0.2) is 48.5 Å². The van der Waals surface area contributed by atoms with Crippen LogP contribution in [0.1, 0.15) is 42.1 Å². The maximum Gasteiger partial charge on any atom is 0.310 e. The van der Waals surface area contributed by atoms with E-state index in [9.17, 15) is 19.2 Å². The van der Waals surface area contributed by atoms with Crippen LogP contribution in [-0.4, -0.2) is 66.2 Å². The van der Waals surface area contributed by atoms with Gasteiger partial charge in [0.15, 0.2) is 0 Å². The summed E-state index contributed by atoms with van der Waals surface area (Å²) in [6.45, 7) is 2.26. The molecule has 2 aromatic carbocycles. The molecule has 3 amide bonds. The van der Waals surface area contributed by atoms with E-state index < -0.39 is 36.3 Å². The first-order chi connectivity index (χ1) is 18.2. The molecule has 11 heteroatoms. The van der Waals surface area contributed by atoms with Gasteiger partial charge < -0.3 is 30.7 Å². The lowest BCUT2D eigenvalue weighted by Gasteiger charge is -2.28. The van der Waals surface area contributed by atoms with E-state index in [1.54, 1.807) is 6.92 Å². The van der Waals surface area contributed by atoms with Crippen molar-refractivity contribution in [2.45, 2.75) is 57.0 Å². The van der Waals surface area contributed by atoms with Crippen molar-refractivity contribution >= 4 is 41.0 Å². The Bertz CT molecular complexity index is 1190. The molecule has 2 aliphatic heterocycles. The van der Waals surface area contributed by atoms with Gasteiger partial charge in [0.2, 0.25) is 18.1 Å². The van der Waals surface area contributed by atoms with Crippen molar-refractivity contribution in [3.05, 3.63) is 64.7 Å². The molecule has 2 heterocycles. The molecule has 2 aliphatic rings. The zero-order chi connectivity index (χ0) is 27.2. The van der Waals surface area contributed by atoms with Gasteiger partial charge in [-0.3, -0.25) is 19.2 Å². The second-order valence-electron chi connectivity index (χ2n) is 9.40. The molecule has 0 bridgehead atoms. The van der Waals surface area contributed by atoms with Crippen molar-refractivity contribution in [3.8, 4) is 0 Å². The Morgan fingerprint density at radius 1 is 1.21 bits per heavy atom. The average molecular weight is 543 g/mol. The number of rotatable bonds is 9. The molecule has 0 radical (unpaired) electrons. The summed E-state index contributed by atoms with van der Waals surface area (Å²) < 4.78 is 11.0. The van der Waals surface area contributed by atoms with Crippen LogP contribution in [0.3, 0.4) is 0 Å². The zero-order valence-electron chi connectivity index (χ0n) is 21.0. The van der Waals surface area contributed by atoms with E-state index >= 15 is 0 Å². The minimum Gasteiger partial charge on any atom is -0.433 e. The third-order valence-corrected chi connectivity index (χ3v) is 6.95. The number of amides is 3. The fraction of sp³-hybridized carbons (Fsp3) is 0.407. The maximum absolute atomic E-state index is 13.2. The summed E-state index contributed by atoms with van der Waals surface area (Å²) in [5, 5.41) is 5.73. The molecule has 10 nitrogen and oxygen atoms in total. The van der Waals surface area contributed by atoms with Crippen LogP contribution in [0, 0.1) is 0 Å². The summed E-state index contributed by atoms with van der Waals surface area (Å²) >= 11 is 6.00. The SMILES string of the molecule is C[C@H](NC(=O)c1ccc(N)c(Cl)c1)C(=O)N1CCC[C@H]1C(=O)N[C@H]1CC(=O)OC1OCCc1ccccc1. The second-order valence-corrected chi connectivity index (χ2v) is 9.81. The van der Waals surface area contributed by atoms with Crippen molar-refractivity contribution in [2.24, 2.45) is 0 Å². The van der Waals surface area contributed by atoms with E-state index in [-0.39, 0.29) is 28.8 Å². The third-order valence-electron chi connectivity index (χ3n) is 6.63. The van der Waals surface area contributed by atoms with Crippen LogP contribution in [0.5, 0.6) is 0 Å². The number of nitrogen functional groups attached to an aromatic ring is 1. The topological polar surface area (TPSA) is 140 Å². The molecule has 2 saturated heterocycles. The quantitative estimate of drug-likeness (QED) is 0.325. The molecule has 0 saturated carbocycles. The van der Waals surface area contributed by atoms with Crippen molar-refractivity contribution in [2.75, 3.05) is 18.9 Å². The standard InChI is InChI=1S/C27H31ClN4O6/c1-16(30-24(34)18-9-10-20(29)19(28)14-18)26(36)32-12-5-8-22(32)25(35)31-21-15-23(33)38-27(21)37-13-11-17-6-3-2-4-7-17/h2-4,6-7,9-10,14,16,21-22,27H,5,8,11-13,15,29H2,1H3,(H,30,34)(H,31,35)/t16-,21-,22-,27?/m0/s1. The number of likely N-dealkylation sites (tertiary alicyclic amines) is 1. The van der Waals surface area contributed by atoms with Gasteiger partial charge in [0, 0.05) is 12.1 Å². The summed E-state index contributed by atoms with van der Waals surface area (Å²) in [5.41, 5.74) is 7.38. The minimum absolute atomic E-state index is 0.0149. The van der Waals surface area contributed by atoms with Gasteiger partial charge in [-0.2, -0.15) is 0 Å². The van der Waals surface area contributed by atoms with Gasteiger partial charge in [-0.15, -0.1) is 0 Å². The van der Waals surface area contributed by atoms with Crippen molar-refractivity contribution < 1.29 is 28.7 Å². The Balaban J connectivity index is 1.32. The lowest BCUT2D eigenvalue weighted by atomic mass is 10.1. The van der Waals surface area contributed by atoms with Gasteiger partial charge in [0.05, 0.1) is 23.7 Å². The highest BCUT2D eigenvalue weighted by Crippen LogP contribution is 2.23. The number of nitrogens with two attached hydrogens (primary N) is 1. The molecule has 4 rings (SSSR count). The molecular formula is C27H31ClN4O6. The molecule has 0 spiro atoms. The number of carbonyl (C=O) groups is 4. The van der Waals surface area contributed by atoms with Crippen LogP contribution in [0.4, 0.5) is 5.69 Å². The van der Waals surface area contributed by atoms with Gasteiger partial charge in [-0.25, -0.2) is 0 Å². The molecule has 2 aromatic rings. The highest BCUT2D eigenvalue weighted by atomic mass is 35.5. The number of carbonyl (C=O) groups excluding carboxylic acids is 4. The normalized spacial score (nSPS) is 21.6. The van der Waals surface area contributed by atoms with E-state index in [0.29, 0.717) is 38.1 Å². The second kappa shape index (κ2) is 12.3. The van der Waals surface area contributed by atoms with Crippen LogP contribution >= 0.6 is 11.6 Å². The van der Waals surface area contributed by atoms with Crippen molar-refractivity contribution in [3.63, 3.8) is 0 Å². The number of halogens is 1. The summed E-state index contributed by atoms with van der Waals surface area (Å²) in [4.78, 5) is 52.3. The summed E-state index contributed by atoms with van der Waals surface area (Å²) in [6, 6.07) is 11.9. The van der Waals surface area contributed by atoms with Gasteiger partial charge in [-0.05, 0) is 49.9 Å². The summed E-state index contributed by atoms with van der Waals surface area (Å²) in [7, 11) is 0. The van der Waals surface area contributed by atoms with Gasteiger partial charge in [-0.1, -0.05) is 41.9 Å². The van der Waals surface area contributed by atoms with Gasteiger partial charge in [0.1, 0.15) is 18.1 Å². The molecule has 2 fully saturated rings. The number of nitrogens with zero attached hydrogens (tertiary/aromatic N) is 1. The first-order valence-corrected chi connectivity index (χ1v) is 12.9. The number of esters is 1. The molecule has 4 atom stereocenters. The molecule has 0 aromatic heterocycles. The predicted octanol–water partition coefficient (Wildman–Crippen LogP) is 2.05. The zero-order valence-corrected chi connectivity index (χ0v) is 21.8. The van der Waals surface area contributed by atoms with Crippen molar-refractivity contribution in [1.82, 2.24) is 15.5 Å². The van der Waals surface area contributed by atoms with E-state index in [4.69, 9.17) is 26.8 Å². The largest absolute Gasteiger partial charge is 0.433 e. The minimum atomic E-state index is -0.898. The molecule has 0 aliphatic carbocycles. The number of hydrogen-bond donors (Lipinski definition) is 3. The number of nitrogens with one attached hydrogen (secondary N) is 2. The Kier molecular flexibility index (Phi) is 8.85. The Morgan fingerprint density at radius 2 is 1.97 bits per heavy atom. The predicted molar refractivity (Wildman–Crippen MR) is 140 cm³/mol. The number of cyclic esters (lactones) is 1. The van der Waals surface area contributed by atoms with Crippen LogP contribution in [0.2, 0.25) is 5.02 Å². The molecule has 38 heavy (non-hydrogen) atoms.